The summed E-state index contributed by atoms with van der Waals surface area (Å²) >= 11 is 1.39. The van der Waals surface area contributed by atoms with Gasteiger partial charge in [0.1, 0.15) is 28.2 Å². The third kappa shape index (κ3) is 3.24. The number of thiazole rings is 1. The largest absolute Gasteiger partial charge is 0.381 e. The van der Waals surface area contributed by atoms with E-state index in [9.17, 15) is 4.91 Å². The summed E-state index contributed by atoms with van der Waals surface area (Å²) < 4.78 is 5.35. The Morgan fingerprint density at radius 1 is 1.36 bits per heavy atom. The minimum absolute atomic E-state index is 0. The quantitative estimate of drug-likeness (QED) is 0.534. The number of nitrogens with one attached hydrogen (secondary N) is 2. The first-order valence-electron chi connectivity index (χ1n) is 8.24. The van der Waals surface area contributed by atoms with Crippen LogP contribution in [-0.4, -0.2) is 44.1 Å². The second-order valence-electron chi connectivity index (χ2n) is 6.10. The van der Waals surface area contributed by atoms with Gasteiger partial charge in [-0.25, -0.2) is 15.0 Å². The van der Waals surface area contributed by atoms with E-state index in [1.165, 1.54) is 17.7 Å². The molecule has 3 heterocycles. The molecule has 0 atom stereocenters. The molecule has 3 aromatic heterocycles. The first-order valence-corrected chi connectivity index (χ1v) is 9.12. The second kappa shape index (κ2) is 6.85. The van der Waals surface area contributed by atoms with Gasteiger partial charge in [-0.2, -0.15) is 0 Å². The van der Waals surface area contributed by atoms with Gasteiger partial charge in [-0.3, -0.25) is 0 Å². The van der Waals surface area contributed by atoms with Crippen molar-refractivity contribution >= 4 is 27.5 Å². The van der Waals surface area contributed by atoms with E-state index in [1.807, 2.05) is 17.6 Å². The van der Waals surface area contributed by atoms with Crippen molar-refractivity contribution in [3.8, 4) is 11.4 Å². The van der Waals surface area contributed by atoms with Crippen molar-refractivity contribution in [2.45, 2.75) is 37.8 Å². The van der Waals surface area contributed by atoms with Crippen molar-refractivity contribution in [1.82, 2.24) is 19.9 Å². The van der Waals surface area contributed by atoms with E-state index in [0.717, 1.165) is 53.0 Å². The SMILES string of the molecule is COC1CCC([N+](=O)Nc2nc(-c3ncnc4[nH]ccc34)cs2)CC1.[HH]. The van der Waals surface area contributed by atoms with Crippen LogP contribution in [0.1, 0.15) is 27.1 Å². The van der Waals surface area contributed by atoms with Gasteiger partial charge in [0.2, 0.25) is 11.2 Å². The van der Waals surface area contributed by atoms with Crippen molar-refractivity contribution in [3.05, 3.63) is 28.9 Å². The predicted octanol–water partition coefficient (Wildman–Crippen LogP) is 3.39. The number of hydrazine groups is 1. The highest BCUT2D eigenvalue weighted by molar-refractivity contribution is 7.14. The number of anilines is 1. The molecule has 1 fully saturated rings. The molecule has 0 aromatic carbocycles. The third-order valence-corrected chi connectivity index (χ3v) is 5.36. The Morgan fingerprint density at radius 2 is 2.20 bits per heavy atom. The van der Waals surface area contributed by atoms with Gasteiger partial charge in [-0.05, 0) is 18.9 Å². The standard InChI is InChI=1S/C16H19N6O2S.H2/c1-24-11-4-2-10(3-5-11)22(23)21-16-20-13(8-25-16)14-12-6-7-17-15(12)19-9-18-14;/h6-11H,2-5H2,1H3,(H,17,18,19)(H,20,21,23);1H/q+1;. The average Bonchev–Trinajstić information content (AvgIpc) is 3.30. The number of methoxy groups -OCH3 is 1. The summed E-state index contributed by atoms with van der Waals surface area (Å²) in [5.41, 5.74) is 5.13. The van der Waals surface area contributed by atoms with Crippen LogP contribution in [0, 0.1) is 4.91 Å². The summed E-state index contributed by atoms with van der Waals surface area (Å²) in [6.45, 7) is 0. The lowest BCUT2D eigenvalue weighted by atomic mass is 9.93. The maximum atomic E-state index is 12.4. The molecule has 1 aliphatic carbocycles. The highest BCUT2D eigenvalue weighted by atomic mass is 32.1. The Balaban J connectivity index is 0.00000196. The molecule has 9 heteroatoms. The van der Waals surface area contributed by atoms with Crippen molar-refractivity contribution in [2.75, 3.05) is 12.5 Å². The molecule has 8 nitrogen and oxygen atoms in total. The van der Waals surface area contributed by atoms with Crippen molar-refractivity contribution in [1.29, 1.82) is 0 Å². The zero-order valence-electron chi connectivity index (χ0n) is 13.8. The Morgan fingerprint density at radius 3 is 3.00 bits per heavy atom. The molecule has 4 rings (SSSR count). The van der Waals surface area contributed by atoms with Crippen LogP contribution < -0.4 is 5.43 Å². The van der Waals surface area contributed by atoms with Crippen LogP contribution in [0.2, 0.25) is 0 Å². The summed E-state index contributed by atoms with van der Waals surface area (Å²) in [6, 6.07) is 1.87. The number of nitrogens with zero attached hydrogens (tertiary/aromatic N) is 4. The summed E-state index contributed by atoms with van der Waals surface area (Å²) in [5, 5.41) is 3.38. The first-order chi connectivity index (χ1) is 12.2. The molecule has 0 saturated heterocycles. The Kier molecular flexibility index (Phi) is 4.41. The van der Waals surface area contributed by atoms with Gasteiger partial charge >= 0.3 is 0 Å². The fraction of sp³-hybridized carbons (Fsp3) is 0.438. The van der Waals surface area contributed by atoms with Gasteiger partial charge in [0.25, 0.3) is 0 Å². The van der Waals surface area contributed by atoms with Crippen LogP contribution in [0.4, 0.5) is 5.13 Å². The minimum Gasteiger partial charge on any atom is -0.381 e. The number of hydrogen-bond donors (Lipinski definition) is 2. The molecule has 132 valence electrons. The molecule has 3 aromatic rings. The van der Waals surface area contributed by atoms with Crippen LogP contribution in [0.3, 0.4) is 0 Å². The normalized spacial score (nSPS) is 20.7. The Hall–Kier alpha value is -2.39. The monoisotopic (exact) mass is 361 g/mol. The third-order valence-electron chi connectivity index (χ3n) is 4.62. The van der Waals surface area contributed by atoms with Gasteiger partial charge in [0.15, 0.2) is 0 Å². The molecule has 0 unspecified atom stereocenters. The number of rotatable bonds is 5. The van der Waals surface area contributed by atoms with Crippen molar-refractivity contribution < 1.29 is 11.0 Å². The lowest BCUT2D eigenvalue weighted by molar-refractivity contribution is -0.562. The van der Waals surface area contributed by atoms with Gasteiger partial charge in [-0.1, -0.05) is 16.8 Å². The van der Waals surface area contributed by atoms with Crippen molar-refractivity contribution in [3.63, 3.8) is 0 Å². The van der Waals surface area contributed by atoms with E-state index in [4.69, 9.17) is 4.74 Å². The zero-order valence-corrected chi connectivity index (χ0v) is 14.6. The summed E-state index contributed by atoms with van der Waals surface area (Å²) in [7, 11) is 1.73. The number of H-pyrrole nitrogens is 1. The molecular weight excluding hydrogens is 340 g/mol. The first kappa shape index (κ1) is 16.1. The molecular formula is C16H21N6O2S+. The average molecular weight is 361 g/mol. The summed E-state index contributed by atoms with van der Waals surface area (Å²) in [5.74, 6) is 0. The van der Waals surface area contributed by atoms with Gasteiger partial charge < -0.3 is 9.72 Å². The van der Waals surface area contributed by atoms with E-state index in [0.29, 0.717) is 5.13 Å². The number of aromatic nitrogens is 4. The molecule has 25 heavy (non-hydrogen) atoms. The van der Waals surface area contributed by atoms with Crippen LogP contribution in [0.25, 0.3) is 22.4 Å². The summed E-state index contributed by atoms with van der Waals surface area (Å²) in [4.78, 5) is 29.4. The molecule has 0 spiro atoms. The fourth-order valence-corrected chi connectivity index (χ4v) is 3.89. The van der Waals surface area contributed by atoms with E-state index >= 15 is 0 Å². The zero-order chi connectivity index (χ0) is 17.2. The Labute approximate surface area is 149 Å². The number of nitroso groups, excluding NO2 is 1. The topological polar surface area (TPSA) is 95.8 Å². The molecule has 0 radical (unpaired) electrons. The van der Waals surface area contributed by atoms with E-state index in [2.05, 4.69) is 25.4 Å². The van der Waals surface area contributed by atoms with Crippen LogP contribution in [-0.2, 0) is 4.74 Å². The van der Waals surface area contributed by atoms with E-state index in [1.54, 1.807) is 7.11 Å². The fourth-order valence-electron chi connectivity index (χ4n) is 3.21. The van der Waals surface area contributed by atoms with Gasteiger partial charge in [-0.15, -0.1) is 0 Å². The lowest BCUT2D eigenvalue weighted by Gasteiger charge is -2.21. The molecule has 0 bridgehead atoms. The molecule has 0 aliphatic heterocycles. The number of ether oxygens (including phenoxy) is 1. The van der Waals surface area contributed by atoms with E-state index < -0.39 is 0 Å². The Bertz CT molecular complexity index is 890. The number of fused-ring (bicyclic) bond motifs is 1. The molecule has 0 amide bonds. The van der Waals surface area contributed by atoms with E-state index in [-0.39, 0.29) is 13.6 Å². The molecule has 1 saturated carbocycles. The van der Waals surface area contributed by atoms with Crippen LogP contribution >= 0.6 is 11.3 Å². The minimum atomic E-state index is -0.0471. The van der Waals surface area contributed by atoms with Crippen molar-refractivity contribution in [2.24, 2.45) is 0 Å². The van der Waals surface area contributed by atoms with Gasteiger partial charge in [0.05, 0.1) is 11.0 Å². The number of aromatic amines is 1. The summed E-state index contributed by atoms with van der Waals surface area (Å²) in [6.07, 6.45) is 7.08. The second-order valence-corrected chi connectivity index (χ2v) is 6.96. The smallest absolute Gasteiger partial charge is 0.245 e. The number of hydrogen-bond acceptors (Lipinski definition) is 6. The molecule has 1 aliphatic rings. The van der Waals surface area contributed by atoms with Crippen LogP contribution in [0.15, 0.2) is 24.0 Å². The maximum absolute atomic E-state index is 12.4. The lowest BCUT2D eigenvalue weighted by Crippen LogP contribution is -2.34. The maximum Gasteiger partial charge on any atom is 0.245 e. The molecule has 2 N–H and O–H groups in total. The predicted molar refractivity (Wildman–Crippen MR) is 97.4 cm³/mol. The van der Waals surface area contributed by atoms with Crippen LogP contribution in [0.5, 0.6) is 0 Å². The van der Waals surface area contributed by atoms with Gasteiger partial charge in [0, 0.05) is 38.3 Å². The highest BCUT2D eigenvalue weighted by Crippen LogP contribution is 2.29. The highest BCUT2D eigenvalue weighted by Gasteiger charge is 2.32.